The van der Waals surface area contributed by atoms with Gasteiger partial charge in [0.05, 0.1) is 4.90 Å². The average Bonchev–Trinajstić information content (AvgIpc) is 2.75. The third-order valence-corrected chi connectivity index (χ3v) is 3.98. The predicted octanol–water partition coefficient (Wildman–Crippen LogP) is 1.82. The van der Waals surface area contributed by atoms with E-state index in [1.165, 1.54) is 22.4 Å². The van der Waals surface area contributed by atoms with Crippen molar-refractivity contribution in [2.45, 2.75) is 50.8 Å². The van der Waals surface area contributed by atoms with Crippen molar-refractivity contribution in [3.05, 3.63) is 6.07 Å². The molecule has 0 aromatic carbocycles. The molecule has 1 atom stereocenters. The number of carbonyl (C=O) groups excluding carboxylic acids is 2. The number of nitrogens with one attached hydrogen (secondary N) is 1. The quantitative estimate of drug-likeness (QED) is 0.344. The second-order valence-corrected chi connectivity index (χ2v) is 5.77. The highest BCUT2D eigenvalue weighted by Crippen LogP contribution is 2.35. The van der Waals surface area contributed by atoms with Crippen molar-refractivity contribution in [2.75, 3.05) is 5.75 Å². The Morgan fingerprint density at radius 1 is 1.50 bits per heavy atom. The second kappa shape index (κ2) is 9.24. The minimum Gasteiger partial charge on any atom is -0.494 e. The molecule has 1 amide bonds. The van der Waals surface area contributed by atoms with E-state index in [0.29, 0.717) is 30.1 Å². The van der Waals surface area contributed by atoms with E-state index in [2.05, 4.69) is 5.32 Å². The minimum absolute atomic E-state index is 0.0109. The maximum atomic E-state index is 11.7. The van der Waals surface area contributed by atoms with Crippen molar-refractivity contribution in [3.8, 4) is 11.8 Å². The molecule has 0 saturated carbocycles. The van der Waals surface area contributed by atoms with Crippen LogP contribution in [0.5, 0.6) is 11.8 Å². The first-order chi connectivity index (χ1) is 10.5. The van der Waals surface area contributed by atoms with Gasteiger partial charge in [0.25, 0.3) is 6.47 Å². The SMILES string of the molecule is CCCn1c(O)cc(SCCC(=O)NC(CC)OC=O)c1O. The van der Waals surface area contributed by atoms with Crippen LogP contribution in [0.2, 0.25) is 0 Å². The molecule has 0 saturated heterocycles. The first kappa shape index (κ1) is 18.2. The molecule has 22 heavy (non-hydrogen) atoms. The van der Waals surface area contributed by atoms with Gasteiger partial charge < -0.3 is 20.3 Å². The molecule has 1 aromatic heterocycles. The van der Waals surface area contributed by atoms with Gasteiger partial charge in [-0.15, -0.1) is 11.8 Å². The van der Waals surface area contributed by atoms with Crippen LogP contribution in [-0.4, -0.2) is 39.1 Å². The summed E-state index contributed by atoms with van der Waals surface area (Å²) in [5.74, 6) is 0.224. The zero-order chi connectivity index (χ0) is 16.5. The Labute approximate surface area is 133 Å². The number of aromatic hydroxyl groups is 2. The molecule has 0 aliphatic carbocycles. The lowest BCUT2D eigenvalue weighted by molar-refractivity contribution is -0.138. The van der Waals surface area contributed by atoms with E-state index in [9.17, 15) is 19.8 Å². The van der Waals surface area contributed by atoms with Crippen LogP contribution in [0.4, 0.5) is 0 Å². The number of thioether (sulfide) groups is 1. The molecule has 0 aliphatic rings. The number of rotatable bonds is 10. The van der Waals surface area contributed by atoms with Crippen molar-refractivity contribution in [1.29, 1.82) is 0 Å². The fourth-order valence-corrected chi connectivity index (χ4v) is 2.79. The lowest BCUT2D eigenvalue weighted by Gasteiger charge is -2.14. The highest BCUT2D eigenvalue weighted by Gasteiger charge is 2.15. The summed E-state index contributed by atoms with van der Waals surface area (Å²) >= 11 is 1.28. The van der Waals surface area contributed by atoms with Gasteiger partial charge in [0.2, 0.25) is 11.8 Å². The Morgan fingerprint density at radius 2 is 2.23 bits per heavy atom. The van der Waals surface area contributed by atoms with Gasteiger partial charge in [-0.1, -0.05) is 13.8 Å². The van der Waals surface area contributed by atoms with Crippen LogP contribution in [0.15, 0.2) is 11.0 Å². The summed E-state index contributed by atoms with van der Waals surface area (Å²) in [6.07, 6.45) is 0.879. The van der Waals surface area contributed by atoms with Crippen molar-refractivity contribution < 1.29 is 24.5 Å². The molecule has 0 spiro atoms. The minimum atomic E-state index is -0.613. The van der Waals surface area contributed by atoms with Gasteiger partial charge in [0.15, 0.2) is 12.1 Å². The van der Waals surface area contributed by atoms with Crippen molar-refractivity contribution in [1.82, 2.24) is 9.88 Å². The maximum Gasteiger partial charge on any atom is 0.295 e. The van der Waals surface area contributed by atoms with Crippen LogP contribution in [-0.2, 0) is 20.9 Å². The van der Waals surface area contributed by atoms with Crippen molar-refractivity contribution in [2.24, 2.45) is 0 Å². The normalized spacial score (nSPS) is 11.9. The first-order valence-corrected chi connectivity index (χ1v) is 8.14. The van der Waals surface area contributed by atoms with E-state index in [-0.39, 0.29) is 24.1 Å². The summed E-state index contributed by atoms with van der Waals surface area (Å²) in [7, 11) is 0. The molecule has 8 heteroatoms. The molecule has 124 valence electrons. The number of hydrogen-bond donors (Lipinski definition) is 3. The summed E-state index contributed by atoms with van der Waals surface area (Å²) in [4.78, 5) is 22.5. The van der Waals surface area contributed by atoms with E-state index < -0.39 is 6.23 Å². The van der Waals surface area contributed by atoms with Crippen LogP contribution in [0.3, 0.4) is 0 Å². The third kappa shape index (κ3) is 5.18. The summed E-state index contributed by atoms with van der Waals surface area (Å²) in [5, 5.41) is 22.3. The molecule has 1 unspecified atom stereocenters. The van der Waals surface area contributed by atoms with Gasteiger partial charge in [-0.05, 0) is 6.42 Å². The number of hydrogen-bond acceptors (Lipinski definition) is 6. The van der Waals surface area contributed by atoms with Crippen LogP contribution in [0.1, 0.15) is 33.1 Å². The summed E-state index contributed by atoms with van der Waals surface area (Å²) in [6.45, 7) is 4.57. The van der Waals surface area contributed by atoms with E-state index in [1.54, 1.807) is 6.92 Å². The van der Waals surface area contributed by atoms with Gasteiger partial charge >= 0.3 is 0 Å². The van der Waals surface area contributed by atoms with Crippen LogP contribution >= 0.6 is 11.8 Å². The zero-order valence-corrected chi connectivity index (χ0v) is 13.6. The van der Waals surface area contributed by atoms with Gasteiger partial charge in [0, 0.05) is 31.2 Å². The second-order valence-electron chi connectivity index (χ2n) is 4.64. The molecule has 1 heterocycles. The maximum absolute atomic E-state index is 11.7. The van der Waals surface area contributed by atoms with Crippen LogP contribution < -0.4 is 5.32 Å². The molecule has 0 radical (unpaired) electrons. The number of amides is 1. The first-order valence-electron chi connectivity index (χ1n) is 7.16. The molecule has 7 nitrogen and oxygen atoms in total. The Kier molecular flexibility index (Phi) is 7.65. The molecular formula is C14H22N2O5S. The molecule has 0 bridgehead atoms. The van der Waals surface area contributed by atoms with E-state index in [4.69, 9.17) is 4.74 Å². The molecule has 3 N–H and O–H groups in total. The topological polar surface area (TPSA) is 101 Å². The molecule has 0 fully saturated rings. The van der Waals surface area contributed by atoms with Gasteiger partial charge in [-0.25, -0.2) is 0 Å². The average molecular weight is 330 g/mol. The molecule has 1 rings (SSSR count). The molecule has 1 aromatic rings. The standard InChI is InChI=1S/C14H22N2O5S/c1-3-6-16-13(19)8-10(14(16)20)22-7-5-11(18)15-12(4-2)21-9-17/h8-9,12,19-20H,3-7H2,1-2H3,(H,15,18). The summed E-state index contributed by atoms with van der Waals surface area (Å²) in [5.41, 5.74) is 0. The monoisotopic (exact) mass is 330 g/mol. The highest BCUT2D eigenvalue weighted by atomic mass is 32.2. The Balaban J connectivity index is 2.45. The lowest BCUT2D eigenvalue weighted by atomic mass is 10.4. The Morgan fingerprint density at radius 3 is 2.82 bits per heavy atom. The van der Waals surface area contributed by atoms with Crippen molar-refractivity contribution in [3.63, 3.8) is 0 Å². The number of ether oxygens (including phenoxy) is 1. The molecule has 0 aliphatic heterocycles. The van der Waals surface area contributed by atoms with E-state index in [1.807, 2.05) is 6.92 Å². The fourth-order valence-electron chi connectivity index (χ4n) is 1.86. The predicted molar refractivity (Wildman–Crippen MR) is 82.8 cm³/mol. The Bertz CT molecular complexity index is 504. The summed E-state index contributed by atoms with van der Waals surface area (Å²) < 4.78 is 6.12. The lowest BCUT2D eigenvalue weighted by Crippen LogP contribution is -2.36. The third-order valence-electron chi connectivity index (χ3n) is 2.96. The van der Waals surface area contributed by atoms with Gasteiger partial charge in [-0.3, -0.25) is 14.2 Å². The highest BCUT2D eigenvalue weighted by molar-refractivity contribution is 7.99. The van der Waals surface area contributed by atoms with E-state index >= 15 is 0 Å². The largest absolute Gasteiger partial charge is 0.494 e. The summed E-state index contributed by atoms with van der Waals surface area (Å²) in [6, 6.07) is 1.48. The smallest absolute Gasteiger partial charge is 0.295 e. The number of aromatic nitrogens is 1. The number of nitrogens with zero attached hydrogens (tertiary/aromatic N) is 1. The van der Waals surface area contributed by atoms with Crippen LogP contribution in [0.25, 0.3) is 0 Å². The van der Waals surface area contributed by atoms with Gasteiger partial charge in [0.1, 0.15) is 0 Å². The van der Waals surface area contributed by atoms with E-state index in [0.717, 1.165) is 6.42 Å². The van der Waals surface area contributed by atoms with Gasteiger partial charge in [-0.2, -0.15) is 0 Å². The van der Waals surface area contributed by atoms with Crippen LogP contribution in [0, 0.1) is 0 Å². The molecular weight excluding hydrogens is 308 g/mol. The van der Waals surface area contributed by atoms with Crippen molar-refractivity contribution >= 4 is 24.1 Å². The Hall–Kier alpha value is -1.83. The fraction of sp³-hybridized carbons (Fsp3) is 0.571. The zero-order valence-electron chi connectivity index (χ0n) is 12.7. The number of carbonyl (C=O) groups is 2.